The van der Waals surface area contributed by atoms with E-state index in [0.29, 0.717) is 12.0 Å². The molecule has 2 heterocycles. The molecule has 4 rings (SSSR count). The van der Waals surface area contributed by atoms with Crippen LogP contribution in [0.4, 0.5) is 4.39 Å². The molecule has 6 heteroatoms. The maximum Gasteiger partial charge on any atom is 0.206 e. The van der Waals surface area contributed by atoms with Crippen molar-refractivity contribution < 1.29 is 9.18 Å². The van der Waals surface area contributed by atoms with Crippen molar-refractivity contribution in [1.82, 2.24) is 14.7 Å². The minimum Gasteiger partial charge on any atom is -0.293 e. The normalized spacial score (nSPS) is 18.2. The van der Waals surface area contributed by atoms with Crippen LogP contribution in [-0.4, -0.2) is 39.6 Å². The van der Waals surface area contributed by atoms with Gasteiger partial charge < -0.3 is 0 Å². The Hall–Kier alpha value is -3.04. The van der Waals surface area contributed by atoms with Gasteiger partial charge in [0.1, 0.15) is 5.82 Å². The molecule has 0 N–H and O–H groups in total. The van der Waals surface area contributed by atoms with Crippen LogP contribution < -0.4 is 0 Å². The fraction of sp³-hybridized carbons (Fsp3) is 0.318. The molecular weight excluding hydrogens is 355 g/mol. The van der Waals surface area contributed by atoms with Crippen molar-refractivity contribution in [1.29, 1.82) is 5.26 Å². The standard InChI is InChI=1S/C22H21FN4O/c1-2-19(22(28)15-7-9-17(23)10-8-15)26-12-11-16(13-26)21-18-5-3-4-6-20(18)27(14-24)25-21/h3-10,16,19H,2,11-13H2,1H3. The summed E-state index contributed by atoms with van der Waals surface area (Å²) >= 11 is 0. The first-order chi connectivity index (χ1) is 13.6. The van der Waals surface area contributed by atoms with Crippen molar-refractivity contribution in [2.24, 2.45) is 0 Å². The number of rotatable bonds is 5. The van der Waals surface area contributed by atoms with Gasteiger partial charge in [0.15, 0.2) is 5.78 Å². The van der Waals surface area contributed by atoms with Gasteiger partial charge in [-0.1, -0.05) is 25.1 Å². The van der Waals surface area contributed by atoms with Gasteiger partial charge in [-0.25, -0.2) is 4.39 Å². The molecule has 0 spiro atoms. The van der Waals surface area contributed by atoms with E-state index in [-0.39, 0.29) is 23.6 Å². The Kier molecular flexibility index (Phi) is 4.93. The molecule has 28 heavy (non-hydrogen) atoms. The molecule has 142 valence electrons. The van der Waals surface area contributed by atoms with E-state index >= 15 is 0 Å². The minimum absolute atomic E-state index is 0.0237. The molecule has 2 aromatic carbocycles. The second-order valence-corrected chi connectivity index (χ2v) is 7.19. The summed E-state index contributed by atoms with van der Waals surface area (Å²) in [7, 11) is 0. The third kappa shape index (κ3) is 3.19. The van der Waals surface area contributed by atoms with E-state index in [1.807, 2.05) is 31.2 Å². The third-order valence-electron chi connectivity index (χ3n) is 5.58. The topological polar surface area (TPSA) is 61.9 Å². The van der Waals surface area contributed by atoms with E-state index in [1.54, 1.807) is 12.1 Å². The smallest absolute Gasteiger partial charge is 0.206 e. The summed E-state index contributed by atoms with van der Waals surface area (Å²) in [6.07, 6.45) is 3.69. The Labute approximate surface area is 163 Å². The molecule has 0 radical (unpaired) electrons. The van der Waals surface area contributed by atoms with Crippen LogP contribution in [0, 0.1) is 17.3 Å². The first-order valence-electron chi connectivity index (χ1n) is 9.54. The molecule has 1 saturated heterocycles. The van der Waals surface area contributed by atoms with Crippen LogP contribution >= 0.6 is 0 Å². The van der Waals surface area contributed by atoms with Crippen LogP contribution in [0.25, 0.3) is 10.9 Å². The van der Waals surface area contributed by atoms with Crippen LogP contribution in [0.1, 0.15) is 41.7 Å². The highest BCUT2D eigenvalue weighted by Crippen LogP contribution is 2.33. The lowest BCUT2D eigenvalue weighted by atomic mass is 10.00. The van der Waals surface area contributed by atoms with E-state index in [4.69, 9.17) is 0 Å². The van der Waals surface area contributed by atoms with Crippen LogP contribution in [0.2, 0.25) is 0 Å². The lowest BCUT2D eigenvalue weighted by Gasteiger charge is -2.25. The van der Waals surface area contributed by atoms with Crippen LogP contribution in [0.15, 0.2) is 48.5 Å². The summed E-state index contributed by atoms with van der Waals surface area (Å²) in [5.41, 5.74) is 2.27. The quantitative estimate of drug-likeness (QED) is 0.633. The highest BCUT2D eigenvalue weighted by atomic mass is 19.1. The van der Waals surface area contributed by atoms with Crippen LogP contribution in [0.5, 0.6) is 0 Å². The second kappa shape index (κ2) is 7.53. The maximum absolute atomic E-state index is 13.2. The Morgan fingerprint density at radius 3 is 2.75 bits per heavy atom. The molecule has 2 atom stereocenters. The number of fused-ring (bicyclic) bond motifs is 1. The van der Waals surface area contributed by atoms with E-state index in [9.17, 15) is 14.4 Å². The van der Waals surface area contributed by atoms with Gasteiger partial charge in [-0.3, -0.25) is 9.69 Å². The molecule has 1 aliphatic rings. The van der Waals surface area contributed by atoms with Gasteiger partial charge in [0.2, 0.25) is 6.19 Å². The largest absolute Gasteiger partial charge is 0.293 e. The van der Waals surface area contributed by atoms with Crippen molar-refractivity contribution in [2.75, 3.05) is 13.1 Å². The third-order valence-corrected chi connectivity index (χ3v) is 5.58. The Bertz CT molecular complexity index is 1050. The fourth-order valence-electron chi connectivity index (χ4n) is 4.18. The number of hydrogen-bond donors (Lipinski definition) is 0. The van der Waals surface area contributed by atoms with Crippen molar-refractivity contribution in [2.45, 2.75) is 31.7 Å². The number of Topliss-reactive ketones (excluding diaryl/α,β-unsaturated/α-hetero) is 1. The van der Waals surface area contributed by atoms with Gasteiger partial charge in [-0.15, -0.1) is 0 Å². The maximum atomic E-state index is 13.2. The summed E-state index contributed by atoms with van der Waals surface area (Å²) in [4.78, 5) is 15.1. The number of carbonyl (C=O) groups excluding carboxylic acids is 1. The zero-order valence-electron chi connectivity index (χ0n) is 15.7. The lowest BCUT2D eigenvalue weighted by Crippen LogP contribution is -2.39. The molecule has 0 aliphatic carbocycles. The Morgan fingerprint density at radius 1 is 1.29 bits per heavy atom. The number of ketones is 1. The summed E-state index contributed by atoms with van der Waals surface area (Å²) < 4.78 is 14.5. The van der Waals surface area contributed by atoms with Crippen molar-refractivity contribution in [3.63, 3.8) is 0 Å². The highest BCUT2D eigenvalue weighted by molar-refractivity contribution is 6.00. The number of aromatic nitrogens is 2. The second-order valence-electron chi connectivity index (χ2n) is 7.19. The summed E-state index contributed by atoms with van der Waals surface area (Å²) in [6.45, 7) is 3.51. The number of nitriles is 1. The first-order valence-corrected chi connectivity index (χ1v) is 9.54. The van der Waals surface area contributed by atoms with E-state index < -0.39 is 0 Å². The number of likely N-dealkylation sites (tertiary alicyclic amines) is 1. The number of hydrogen-bond acceptors (Lipinski definition) is 4. The van der Waals surface area contributed by atoms with Gasteiger partial charge in [0.05, 0.1) is 17.3 Å². The van der Waals surface area contributed by atoms with Gasteiger partial charge in [0, 0.05) is 23.4 Å². The minimum atomic E-state index is -0.342. The monoisotopic (exact) mass is 376 g/mol. The molecule has 1 aliphatic heterocycles. The number of para-hydroxylation sites is 1. The molecule has 5 nitrogen and oxygen atoms in total. The predicted octanol–water partition coefficient (Wildman–Crippen LogP) is 3.96. The van der Waals surface area contributed by atoms with Gasteiger partial charge in [0.25, 0.3) is 0 Å². The summed E-state index contributed by atoms with van der Waals surface area (Å²) in [5, 5.41) is 14.9. The van der Waals surface area contributed by atoms with E-state index in [2.05, 4.69) is 16.2 Å². The lowest BCUT2D eigenvalue weighted by molar-refractivity contribution is 0.0842. The fourth-order valence-corrected chi connectivity index (χ4v) is 4.18. The van der Waals surface area contributed by atoms with Crippen LogP contribution in [-0.2, 0) is 0 Å². The molecule has 0 amide bonds. The van der Waals surface area contributed by atoms with Crippen molar-refractivity contribution in [3.8, 4) is 6.19 Å². The van der Waals surface area contributed by atoms with Crippen molar-refractivity contribution >= 4 is 16.7 Å². The molecule has 0 saturated carbocycles. The molecule has 1 fully saturated rings. The van der Waals surface area contributed by atoms with Gasteiger partial charge in [-0.05, 0) is 49.7 Å². The van der Waals surface area contributed by atoms with Gasteiger partial charge >= 0.3 is 0 Å². The molecule has 1 aromatic heterocycles. The van der Waals surface area contributed by atoms with Crippen LogP contribution in [0.3, 0.4) is 0 Å². The summed E-state index contributed by atoms with van der Waals surface area (Å²) in [5.74, 6) is -0.143. The number of halogens is 1. The molecule has 3 aromatic rings. The van der Waals surface area contributed by atoms with Gasteiger partial charge in [-0.2, -0.15) is 15.0 Å². The van der Waals surface area contributed by atoms with Crippen molar-refractivity contribution in [3.05, 3.63) is 65.6 Å². The first kappa shape index (κ1) is 18.3. The number of benzene rings is 2. The SMILES string of the molecule is CCC(C(=O)c1ccc(F)cc1)N1CCC(c2nn(C#N)c3ccccc23)C1. The highest BCUT2D eigenvalue weighted by Gasteiger charge is 2.34. The Morgan fingerprint density at radius 2 is 2.04 bits per heavy atom. The molecule has 0 bridgehead atoms. The average molecular weight is 376 g/mol. The number of carbonyl (C=O) groups is 1. The zero-order valence-corrected chi connectivity index (χ0v) is 15.7. The average Bonchev–Trinajstić information content (AvgIpc) is 3.34. The van der Waals surface area contributed by atoms with E-state index in [1.165, 1.54) is 16.8 Å². The predicted molar refractivity (Wildman–Crippen MR) is 104 cm³/mol. The number of nitrogens with zero attached hydrogens (tertiary/aromatic N) is 4. The molecular formula is C22H21FN4O. The van der Waals surface area contributed by atoms with E-state index in [0.717, 1.165) is 36.1 Å². The Balaban J connectivity index is 1.57. The molecule has 2 unspecified atom stereocenters. The zero-order chi connectivity index (χ0) is 19.7. The summed E-state index contributed by atoms with van der Waals surface area (Å²) in [6, 6.07) is 13.3.